The van der Waals surface area contributed by atoms with Gasteiger partial charge >= 0.3 is 0 Å². The molecule has 3 N–H and O–H groups in total. The van der Waals surface area contributed by atoms with Gasteiger partial charge in [-0.15, -0.1) is 0 Å². The number of carbonyl (C=O) groups is 1. The number of nitro groups is 1. The van der Waals surface area contributed by atoms with Crippen LogP contribution in [0.5, 0.6) is 0 Å². The standard InChI is InChI=1S/C23H24N4O3/c1-16(2)19-10-6-7-11-20(19)26-23(28)15-24-22-14-18(27(29)30)12-13-21(22)25-17-8-4-3-5-9-17/h3-14,16,24-25H,15H2,1-2H3,(H,26,28). The second kappa shape index (κ2) is 9.56. The molecule has 0 aliphatic carbocycles. The van der Waals surface area contributed by atoms with Crippen LogP contribution in [0.4, 0.5) is 28.4 Å². The molecule has 0 heterocycles. The molecule has 7 heteroatoms. The predicted molar refractivity (Wildman–Crippen MR) is 120 cm³/mol. The highest BCUT2D eigenvalue weighted by atomic mass is 16.6. The van der Waals surface area contributed by atoms with Crippen molar-refractivity contribution in [3.05, 3.63) is 88.5 Å². The Morgan fingerprint density at radius 1 is 0.933 bits per heavy atom. The summed E-state index contributed by atoms with van der Waals surface area (Å²) in [7, 11) is 0. The van der Waals surface area contributed by atoms with Gasteiger partial charge in [0.05, 0.1) is 22.8 Å². The number of benzene rings is 3. The maximum absolute atomic E-state index is 12.5. The van der Waals surface area contributed by atoms with Gasteiger partial charge in [0.2, 0.25) is 5.91 Å². The molecule has 0 spiro atoms. The van der Waals surface area contributed by atoms with Gasteiger partial charge in [-0.25, -0.2) is 0 Å². The first-order valence-electron chi connectivity index (χ1n) is 9.67. The summed E-state index contributed by atoms with van der Waals surface area (Å²) in [4.78, 5) is 23.2. The number of nitro benzene ring substituents is 1. The van der Waals surface area contributed by atoms with Crippen molar-refractivity contribution < 1.29 is 9.72 Å². The van der Waals surface area contributed by atoms with Crippen molar-refractivity contribution in [2.45, 2.75) is 19.8 Å². The summed E-state index contributed by atoms with van der Waals surface area (Å²) in [5.74, 6) is 0.0353. The normalized spacial score (nSPS) is 10.5. The van der Waals surface area contributed by atoms with Gasteiger partial charge in [0, 0.05) is 23.5 Å². The van der Waals surface area contributed by atoms with Crippen LogP contribution in [0.25, 0.3) is 0 Å². The summed E-state index contributed by atoms with van der Waals surface area (Å²) in [6, 6.07) is 21.6. The van der Waals surface area contributed by atoms with Gasteiger partial charge in [-0.3, -0.25) is 14.9 Å². The molecule has 0 unspecified atom stereocenters. The monoisotopic (exact) mass is 404 g/mol. The van der Waals surface area contributed by atoms with Crippen LogP contribution in [-0.4, -0.2) is 17.4 Å². The molecular weight excluding hydrogens is 380 g/mol. The minimum absolute atomic E-state index is 0.0307. The van der Waals surface area contributed by atoms with Crippen molar-refractivity contribution in [2.75, 3.05) is 22.5 Å². The van der Waals surface area contributed by atoms with Crippen LogP contribution >= 0.6 is 0 Å². The Labute approximate surface area is 175 Å². The third-order valence-corrected chi connectivity index (χ3v) is 4.56. The number of amides is 1. The molecule has 0 fully saturated rings. The summed E-state index contributed by atoms with van der Waals surface area (Å²) >= 11 is 0. The van der Waals surface area contributed by atoms with E-state index in [-0.39, 0.29) is 24.1 Å². The van der Waals surface area contributed by atoms with Crippen LogP contribution < -0.4 is 16.0 Å². The zero-order valence-electron chi connectivity index (χ0n) is 16.9. The molecule has 7 nitrogen and oxygen atoms in total. The Kier molecular flexibility index (Phi) is 6.64. The SMILES string of the molecule is CC(C)c1ccccc1NC(=O)CNc1cc([N+](=O)[O-])ccc1Nc1ccccc1. The first kappa shape index (κ1) is 20.9. The molecule has 0 aromatic heterocycles. The van der Waals surface area contributed by atoms with E-state index in [1.165, 1.54) is 12.1 Å². The zero-order chi connectivity index (χ0) is 21.5. The Morgan fingerprint density at radius 3 is 2.33 bits per heavy atom. The van der Waals surface area contributed by atoms with Crippen LogP contribution in [0.1, 0.15) is 25.3 Å². The molecule has 3 aromatic carbocycles. The average molecular weight is 404 g/mol. The van der Waals surface area contributed by atoms with Gasteiger partial charge in [0.1, 0.15) is 0 Å². The van der Waals surface area contributed by atoms with Gasteiger partial charge in [-0.1, -0.05) is 50.2 Å². The van der Waals surface area contributed by atoms with E-state index in [9.17, 15) is 14.9 Å². The summed E-state index contributed by atoms with van der Waals surface area (Å²) in [6.07, 6.45) is 0. The lowest BCUT2D eigenvalue weighted by molar-refractivity contribution is -0.384. The minimum atomic E-state index is -0.462. The number of hydrogen-bond donors (Lipinski definition) is 3. The maximum Gasteiger partial charge on any atom is 0.271 e. The van der Waals surface area contributed by atoms with Crippen molar-refractivity contribution >= 4 is 34.3 Å². The lowest BCUT2D eigenvalue weighted by atomic mass is 10.0. The topological polar surface area (TPSA) is 96.3 Å². The third kappa shape index (κ3) is 5.35. The van der Waals surface area contributed by atoms with Gasteiger partial charge in [0.25, 0.3) is 5.69 Å². The van der Waals surface area contributed by atoms with E-state index in [1.54, 1.807) is 6.07 Å². The van der Waals surface area contributed by atoms with E-state index < -0.39 is 4.92 Å². The summed E-state index contributed by atoms with van der Waals surface area (Å²) in [5.41, 5.74) is 3.71. The zero-order valence-corrected chi connectivity index (χ0v) is 16.9. The number of nitrogens with zero attached hydrogens (tertiary/aromatic N) is 1. The van der Waals surface area contributed by atoms with E-state index in [0.29, 0.717) is 11.4 Å². The molecule has 3 rings (SSSR count). The Morgan fingerprint density at radius 2 is 1.63 bits per heavy atom. The highest BCUT2D eigenvalue weighted by molar-refractivity contribution is 5.95. The summed E-state index contributed by atoms with van der Waals surface area (Å²) in [5, 5.41) is 20.3. The van der Waals surface area contributed by atoms with Crippen LogP contribution in [-0.2, 0) is 4.79 Å². The number of carbonyl (C=O) groups excluding carboxylic acids is 1. The van der Waals surface area contributed by atoms with E-state index in [2.05, 4.69) is 29.8 Å². The number of para-hydroxylation sites is 2. The van der Waals surface area contributed by atoms with Crippen LogP contribution in [0.2, 0.25) is 0 Å². The Balaban J connectivity index is 1.75. The molecule has 0 aliphatic rings. The average Bonchev–Trinajstić information content (AvgIpc) is 2.74. The predicted octanol–water partition coefficient (Wildman–Crippen LogP) is 5.51. The van der Waals surface area contributed by atoms with E-state index in [4.69, 9.17) is 0 Å². The molecule has 0 bridgehead atoms. The first-order chi connectivity index (χ1) is 14.4. The Hall–Kier alpha value is -3.87. The number of nitrogens with one attached hydrogen (secondary N) is 3. The summed E-state index contributed by atoms with van der Waals surface area (Å²) in [6.45, 7) is 4.10. The van der Waals surface area contributed by atoms with Crippen molar-refractivity contribution in [1.29, 1.82) is 0 Å². The molecule has 3 aromatic rings. The molecule has 30 heavy (non-hydrogen) atoms. The fourth-order valence-electron chi connectivity index (χ4n) is 3.06. The molecule has 0 atom stereocenters. The summed E-state index contributed by atoms with van der Waals surface area (Å²) < 4.78 is 0. The fourth-order valence-corrected chi connectivity index (χ4v) is 3.06. The number of non-ortho nitro benzene ring substituents is 1. The molecule has 0 aliphatic heterocycles. The quantitative estimate of drug-likeness (QED) is 0.340. The van der Waals surface area contributed by atoms with Crippen molar-refractivity contribution in [3.63, 3.8) is 0 Å². The Bertz CT molecular complexity index is 1040. The second-order valence-corrected chi connectivity index (χ2v) is 7.12. The third-order valence-electron chi connectivity index (χ3n) is 4.56. The van der Waals surface area contributed by atoms with Crippen LogP contribution in [0, 0.1) is 10.1 Å². The fraction of sp³-hybridized carbons (Fsp3) is 0.174. The van der Waals surface area contributed by atoms with Gasteiger partial charge < -0.3 is 16.0 Å². The van der Waals surface area contributed by atoms with E-state index >= 15 is 0 Å². The molecule has 154 valence electrons. The van der Waals surface area contributed by atoms with Crippen LogP contribution in [0.15, 0.2) is 72.8 Å². The highest BCUT2D eigenvalue weighted by Crippen LogP contribution is 2.30. The van der Waals surface area contributed by atoms with Crippen molar-refractivity contribution in [3.8, 4) is 0 Å². The number of anilines is 4. The van der Waals surface area contributed by atoms with Crippen LogP contribution in [0.3, 0.4) is 0 Å². The lowest BCUT2D eigenvalue weighted by Gasteiger charge is -2.16. The first-order valence-corrected chi connectivity index (χ1v) is 9.67. The highest BCUT2D eigenvalue weighted by Gasteiger charge is 2.13. The molecule has 0 saturated heterocycles. The van der Waals surface area contributed by atoms with Gasteiger partial charge in [-0.2, -0.15) is 0 Å². The molecule has 0 radical (unpaired) electrons. The lowest BCUT2D eigenvalue weighted by Crippen LogP contribution is -2.23. The van der Waals surface area contributed by atoms with Gasteiger partial charge in [-0.05, 0) is 35.7 Å². The largest absolute Gasteiger partial charge is 0.374 e. The molecule has 1 amide bonds. The minimum Gasteiger partial charge on any atom is -0.374 e. The molecular formula is C23H24N4O3. The van der Waals surface area contributed by atoms with Crippen molar-refractivity contribution in [1.82, 2.24) is 0 Å². The van der Waals surface area contributed by atoms with E-state index in [1.807, 2.05) is 54.6 Å². The van der Waals surface area contributed by atoms with Gasteiger partial charge in [0.15, 0.2) is 0 Å². The maximum atomic E-state index is 12.5. The number of hydrogen-bond acceptors (Lipinski definition) is 5. The van der Waals surface area contributed by atoms with Crippen molar-refractivity contribution in [2.24, 2.45) is 0 Å². The second-order valence-electron chi connectivity index (χ2n) is 7.12. The number of rotatable bonds is 8. The smallest absolute Gasteiger partial charge is 0.271 e. The van der Waals surface area contributed by atoms with E-state index in [0.717, 1.165) is 16.9 Å². The molecule has 0 saturated carbocycles.